The molecule has 7 heteroatoms. The fourth-order valence-corrected chi connectivity index (χ4v) is 1.96. The van der Waals surface area contributed by atoms with E-state index in [1.165, 1.54) is 36.1 Å². The molecule has 0 saturated heterocycles. The first-order valence-corrected chi connectivity index (χ1v) is 5.73. The van der Waals surface area contributed by atoms with Gasteiger partial charge < -0.3 is 9.84 Å². The number of hydrogen-bond donors (Lipinski definition) is 1. The van der Waals surface area contributed by atoms with Gasteiger partial charge in [0, 0.05) is 18.3 Å². The Balaban J connectivity index is 2.98. The number of allylic oxidation sites excluding steroid dienone is 1. The van der Waals surface area contributed by atoms with E-state index in [0.29, 0.717) is 5.52 Å². The molecule has 0 amide bonds. The number of aromatic hydroxyl groups is 1. The Morgan fingerprint density at radius 2 is 2.15 bits per heavy atom. The van der Waals surface area contributed by atoms with Crippen LogP contribution < -0.4 is 10.3 Å². The molecule has 0 aliphatic carbocycles. The largest absolute Gasteiger partial charge is 0.504 e. The second-order valence-electron chi connectivity index (χ2n) is 4.00. The number of ether oxygens (including phenoxy) is 1. The molecule has 2 rings (SSSR count). The third-order valence-corrected chi connectivity index (χ3v) is 2.84. The van der Waals surface area contributed by atoms with Crippen molar-refractivity contribution in [3.8, 4) is 11.5 Å². The summed E-state index contributed by atoms with van der Waals surface area (Å²) in [4.78, 5) is 22.4. The number of nitro groups is 1. The monoisotopic (exact) mass is 276 g/mol. The molecule has 0 spiro atoms. The fraction of sp³-hybridized carbons (Fsp3) is 0.154. The summed E-state index contributed by atoms with van der Waals surface area (Å²) >= 11 is 0. The van der Waals surface area contributed by atoms with Gasteiger partial charge in [-0.2, -0.15) is 0 Å². The Kier molecular flexibility index (Phi) is 3.43. The summed E-state index contributed by atoms with van der Waals surface area (Å²) in [6, 6.07) is 3.88. The number of rotatable bonds is 3. The quantitative estimate of drug-likeness (QED) is 0.684. The lowest BCUT2D eigenvalue weighted by Crippen LogP contribution is -2.18. The van der Waals surface area contributed by atoms with Crippen molar-refractivity contribution in [2.24, 2.45) is 0 Å². The zero-order chi connectivity index (χ0) is 14.9. The van der Waals surface area contributed by atoms with Gasteiger partial charge in [0.25, 0.3) is 5.69 Å². The summed E-state index contributed by atoms with van der Waals surface area (Å²) < 4.78 is 6.15. The van der Waals surface area contributed by atoms with Gasteiger partial charge in [0.1, 0.15) is 0 Å². The molecule has 1 aromatic heterocycles. The van der Waals surface area contributed by atoms with Crippen LogP contribution in [0.3, 0.4) is 0 Å². The standard InChI is InChI=1S/C13H12N2O5/c1-3-6-14-10-5-4-8(15(18)19)7-9(10)11(16)12(20-2)13(14)17/h3-7,16H,1-2H3/b6-3-. The molecule has 1 N–H and O–H groups in total. The van der Waals surface area contributed by atoms with Crippen LogP contribution in [-0.4, -0.2) is 21.7 Å². The number of nitrogens with zero attached hydrogens (tertiary/aromatic N) is 2. The highest BCUT2D eigenvalue weighted by molar-refractivity contribution is 5.90. The average molecular weight is 276 g/mol. The van der Waals surface area contributed by atoms with Crippen LogP contribution in [-0.2, 0) is 0 Å². The SMILES string of the molecule is C/C=C\n1c(=O)c(OC)c(O)c2cc([N+](=O)[O-])ccc21. The van der Waals surface area contributed by atoms with E-state index in [-0.39, 0.29) is 16.8 Å². The van der Waals surface area contributed by atoms with Crippen molar-refractivity contribution in [1.82, 2.24) is 4.57 Å². The van der Waals surface area contributed by atoms with Crippen LogP contribution in [0, 0.1) is 10.1 Å². The van der Waals surface area contributed by atoms with Crippen LogP contribution in [0.25, 0.3) is 17.1 Å². The maximum absolute atomic E-state index is 12.1. The van der Waals surface area contributed by atoms with Gasteiger partial charge in [-0.3, -0.25) is 19.5 Å². The summed E-state index contributed by atoms with van der Waals surface area (Å²) in [5.74, 6) is -0.659. The Morgan fingerprint density at radius 3 is 2.70 bits per heavy atom. The summed E-state index contributed by atoms with van der Waals surface area (Å²) in [6.45, 7) is 1.73. The second kappa shape index (κ2) is 5.04. The molecule has 0 radical (unpaired) electrons. The van der Waals surface area contributed by atoms with E-state index >= 15 is 0 Å². The predicted octanol–water partition coefficient (Wildman–Crippen LogP) is 2.11. The topological polar surface area (TPSA) is 94.6 Å². The van der Waals surface area contributed by atoms with Crippen molar-refractivity contribution in [1.29, 1.82) is 0 Å². The van der Waals surface area contributed by atoms with E-state index in [1.807, 2.05) is 0 Å². The lowest BCUT2D eigenvalue weighted by atomic mass is 10.1. The Morgan fingerprint density at radius 1 is 1.45 bits per heavy atom. The minimum atomic E-state index is -0.573. The third-order valence-electron chi connectivity index (χ3n) is 2.84. The van der Waals surface area contributed by atoms with Gasteiger partial charge >= 0.3 is 5.56 Å². The van der Waals surface area contributed by atoms with Crippen LogP contribution >= 0.6 is 0 Å². The van der Waals surface area contributed by atoms with Gasteiger partial charge in [-0.1, -0.05) is 6.08 Å². The highest BCUT2D eigenvalue weighted by Gasteiger charge is 2.18. The van der Waals surface area contributed by atoms with Crippen LogP contribution in [0.15, 0.2) is 29.1 Å². The van der Waals surface area contributed by atoms with Crippen molar-refractivity contribution in [2.75, 3.05) is 7.11 Å². The summed E-state index contributed by atoms with van der Waals surface area (Å²) in [6.07, 6.45) is 3.14. The summed E-state index contributed by atoms with van der Waals surface area (Å²) in [5, 5.41) is 21.0. The number of aromatic nitrogens is 1. The van der Waals surface area contributed by atoms with Crippen molar-refractivity contribution < 1.29 is 14.8 Å². The molecule has 0 aliphatic heterocycles. The van der Waals surface area contributed by atoms with E-state index in [0.717, 1.165) is 0 Å². The molecule has 0 unspecified atom stereocenters. The first-order chi connectivity index (χ1) is 9.51. The molecule has 1 aromatic carbocycles. The molecule has 0 atom stereocenters. The van der Waals surface area contributed by atoms with Crippen LogP contribution in [0.5, 0.6) is 11.5 Å². The number of hydrogen-bond acceptors (Lipinski definition) is 5. The Bertz CT molecular complexity index is 776. The maximum atomic E-state index is 12.1. The molecule has 2 aromatic rings. The predicted molar refractivity (Wildman–Crippen MR) is 74.1 cm³/mol. The molecular formula is C13H12N2O5. The highest BCUT2D eigenvalue weighted by Crippen LogP contribution is 2.33. The first kappa shape index (κ1) is 13.6. The molecule has 104 valence electrons. The molecule has 20 heavy (non-hydrogen) atoms. The van der Waals surface area contributed by atoms with Gasteiger partial charge in [-0.15, -0.1) is 0 Å². The van der Waals surface area contributed by atoms with E-state index in [4.69, 9.17) is 4.74 Å². The molecular weight excluding hydrogens is 264 g/mol. The van der Waals surface area contributed by atoms with Gasteiger partial charge in [-0.05, 0) is 13.0 Å². The molecule has 0 saturated carbocycles. The lowest BCUT2D eigenvalue weighted by Gasteiger charge is -2.11. The van der Waals surface area contributed by atoms with Gasteiger partial charge in [-0.25, -0.2) is 0 Å². The Hall–Kier alpha value is -2.83. The number of pyridine rings is 1. The van der Waals surface area contributed by atoms with Crippen LogP contribution in [0.4, 0.5) is 5.69 Å². The third kappa shape index (κ3) is 1.99. The zero-order valence-corrected chi connectivity index (χ0v) is 10.9. The van der Waals surface area contributed by atoms with Gasteiger partial charge in [0.05, 0.1) is 22.9 Å². The van der Waals surface area contributed by atoms with Gasteiger partial charge in [0.2, 0.25) is 5.75 Å². The van der Waals surface area contributed by atoms with E-state index < -0.39 is 16.2 Å². The highest BCUT2D eigenvalue weighted by atomic mass is 16.6. The molecule has 0 bridgehead atoms. The van der Waals surface area contributed by atoms with Gasteiger partial charge in [0.15, 0.2) is 5.75 Å². The number of benzene rings is 1. The molecule has 7 nitrogen and oxygen atoms in total. The van der Waals surface area contributed by atoms with Crippen molar-refractivity contribution >= 4 is 22.8 Å². The van der Waals surface area contributed by atoms with Crippen molar-refractivity contribution in [3.05, 3.63) is 44.7 Å². The van der Waals surface area contributed by atoms with Crippen LogP contribution in [0.2, 0.25) is 0 Å². The minimum Gasteiger partial charge on any atom is -0.504 e. The van der Waals surface area contributed by atoms with E-state index in [9.17, 15) is 20.0 Å². The Labute approximate surface area is 113 Å². The lowest BCUT2D eigenvalue weighted by molar-refractivity contribution is -0.384. The van der Waals surface area contributed by atoms with E-state index in [2.05, 4.69) is 0 Å². The number of methoxy groups -OCH3 is 1. The van der Waals surface area contributed by atoms with E-state index in [1.54, 1.807) is 13.0 Å². The summed E-state index contributed by atoms with van der Waals surface area (Å²) in [5.41, 5.74) is -0.359. The second-order valence-corrected chi connectivity index (χ2v) is 4.00. The number of nitro benzene ring substituents is 1. The number of non-ortho nitro benzene ring substituents is 1. The smallest absolute Gasteiger partial charge is 0.301 e. The molecule has 0 aliphatic rings. The maximum Gasteiger partial charge on any atom is 0.301 e. The normalized spacial score (nSPS) is 11.1. The average Bonchev–Trinajstić information content (AvgIpc) is 2.43. The fourth-order valence-electron chi connectivity index (χ4n) is 1.96. The molecule has 1 heterocycles. The minimum absolute atomic E-state index is 0.175. The zero-order valence-electron chi connectivity index (χ0n) is 10.9. The first-order valence-electron chi connectivity index (χ1n) is 5.73. The summed E-state index contributed by atoms with van der Waals surface area (Å²) in [7, 11) is 1.25. The van der Waals surface area contributed by atoms with Crippen LogP contribution in [0.1, 0.15) is 6.92 Å². The molecule has 0 fully saturated rings. The van der Waals surface area contributed by atoms with Crippen molar-refractivity contribution in [3.63, 3.8) is 0 Å². The van der Waals surface area contributed by atoms with Crippen molar-refractivity contribution in [2.45, 2.75) is 6.92 Å². The number of fused-ring (bicyclic) bond motifs is 1.